The van der Waals surface area contributed by atoms with Crippen LogP contribution in [0.15, 0.2) is 0 Å². The Morgan fingerprint density at radius 2 is 2.06 bits per heavy atom. The highest BCUT2D eigenvalue weighted by Crippen LogP contribution is 2.19. The van der Waals surface area contributed by atoms with Gasteiger partial charge >= 0.3 is 5.97 Å². The highest BCUT2D eigenvalue weighted by Gasteiger charge is 2.27. The van der Waals surface area contributed by atoms with Crippen molar-refractivity contribution >= 4 is 5.97 Å². The Morgan fingerprint density at radius 3 is 2.62 bits per heavy atom. The number of likely N-dealkylation sites (N-methyl/N-ethyl adjacent to an activating group) is 1. The van der Waals surface area contributed by atoms with Gasteiger partial charge < -0.3 is 9.64 Å². The molecule has 2 fully saturated rings. The van der Waals surface area contributed by atoms with E-state index in [4.69, 9.17) is 4.74 Å². The summed E-state index contributed by atoms with van der Waals surface area (Å²) in [7, 11) is 4.33. The first-order valence-corrected chi connectivity index (χ1v) is 6.23. The Morgan fingerprint density at radius 1 is 1.38 bits per heavy atom. The Balaban J connectivity index is 1.75. The topological polar surface area (TPSA) is 32.8 Å². The van der Waals surface area contributed by atoms with E-state index in [-0.39, 0.29) is 12.1 Å². The van der Waals surface area contributed by atoms with Crippen molar-refractivity contribution in [3.05, 3.63) is 0 Å². The quantitative estimate of drug-likeness (QED) is 0.664. The van der Waals surface area contributed by atoms with Gasteiger partial charge in [-0.3, -0.25) is 9.69 Å². The van der Waals surface area contributed by atoms with E-state index in [9.17, 15) is 4.79 Å². The molecule has 4 nitrogen and oxygen atoms in total. The predicted molar refractivity (Wildman–Crippen MR) is 62.3 cm³/mol. The third kappa shape index (κ3) is 2.95. The molecule has 2 aliphatic rings. The zero-order chi connectivity index (χ0) is 11.5. The number of esters is 1. The zero-order valence-electron chi connectivity index (χ0n) is 10.3. The number of carbonyl (C=O) groups is 1. The maximum absolute atomic E-state index is 11.0. The Labute approximate surface area is 97.5 Å². The highest BCUT2D eigenvalue weighted by molar-refractivity contribution is 5.71. The van der Waals surface area contributed by atoms with Crippen molar-refractivity contribution in [3.8, 4) is 0 Å². The molecular formula is C12H22N2O2. The molecule has 0 aromatic rings. The molecule has 0 spiro atoms. The molecule has 0 saturated carbocycles. The van der Waals surface area contributed by atoms with Crippen LogP contribution in [0.3, 0.4) is 0 Å². The molecule has 2 rings (SSSR count). The summed E-state index contributed by atoms with van der Waals surface area (Å²) in [5, 5.41) is 0. The van der Waals surface area contributed by atoms with Gasteiger partial charge in [-0.05, 0) is 46.4 Å². The lowest BCUT2D eigenvalue weighted by Gasteiger charge is -2.35. The number of likely N-dealkylation sites (tertiary alicyclic amines) is 1. The fourth-order valence-corrected chi connectivity index (χ4v) is 2.62. The summed E-state index contributed by atoms with van der Waals surface area (Å²) in [6.07, 6.45) is 4.10. The number of ether oxygens (including phenoxy) is 1. The first-order valence-electron chi connectivity index (χ1n) is 6.23. The molecule has 0 bridgehead atoms. The molecule has 4 heteroatoms. The van der Waals surface area contributed by atoms with E-state index >= 15 is 0 Å². The Kier molecular flexibility index (Phi) is 3.82. The molecule has 2 saturated heterocycles. The summed E-state index contributed by atoms with van der Waals surface area (Å²) < 4.78 is 5.25. The van der Waals surface area contributed by atoms with E-state index in [2.05, 4.69) is 23.9 Å². The average molecular weight is 226 g/mol. The van der Waals surface area contributed by atoms with Crippen molar-refractivity contribution in [2.75, 3.05) is 33.7 Å². The normalized spacial score (nSPS) is 28.7. The van der Waals surface area contributed by atoms with Crippen molar-refractivity contribution in [3.63, 3.8) is 0 Å². The summed E-state index contributed by atoms with van der Waals surface area (Å²) in [6.45, 7) is 3.26. The van der Waals surface area contributed by atoms with E-state index in [1.165, 1.54) is 25.9 Å². The van der Waals surface area contributed by atoms with Gasteiger partial charge in [-0.2, -0.15) is 0 Å². The number of nitrogens with zero attached hydrogens (tertiary/aromatic N) is 2. The van der Waals surface area contributed by atoms with E-state index in [1.807, 2.05) is 0 Å². The summed E-state index contributed by atoms with van der Waals surface area (Å²) in [5.74, 6) is -0.0261. The number of piperidine rings is 1. The lowest BCUT2D eigenvalue weighted by molar-refractivity contribution is -0.142. The minimum Gasteiger partial charge on any atom is -0.461 e. The maximum atomic E-state index is 11.0. The molecule has 0 aromatic carbocycles. The Bertz CT molecular complexity index is 249. The van der Waals surface area contributed by atoms with Gasteiger partial charge in [0.05, 0.1) is 0 Å². The number of hydrogen-bond acceptors (Lipinski definition) is 4. The van der Waals surface area contributed by atoms with Crippen LogP contribution in [0.5, 0.6) is 0 Å². The predicted octanol–water partition coefficient (Wildman–Crippen LogP) is 0.718. The van der Waals surface area contributed by atoms with Gasteiger partial charge in [-0.15, -0.1) is 0 Å². The summed E-state index contributed by atoms with van der Waals surface area (Å²) in [6, 6.07) is 0.663. The maximum Gasteiger partial charge on any atom is 0.306 e. The zero-order valence-corrected chi connectivity index (χ0v) is 10.3. The van der Waals surface area contributed by atoms with Gasteiger partial charge in [-0.25, -0.2) is 0 Å². The van der Waals surface area contributed by atoms with Crippen LogP contribution < -0.4 is 0 Å². The third-order valence-electron chi connectivity index (χ3n) is 3.77. The van der Waals surface area contributed by atoms with Crippen molar-refractivity contribution in [2.24, 2.45) is 0 Å². The van der Waals surface area contributed by atoms with E-state index in [0.29, 0.717) is 12.5 Å². The molecule has 1 unspecified atom stereocenters. The van der Waals surface area contributed by atoms with Crippen molar-refractivity contribution in [1.29, 1.82) is 0 Å². The first kappa shape index (κ1) is 11.9. The highest BCUT2D eigenvalue weighted by atomic mass is 16.5. The standard InChI is InChI=1S/C12H22N2O2/c1-13-7-5-10(6-8-13)14(2)9-11-3-4-12(15)16-11/h10-11H,3-9H2,1-2H3. The monoisotopic (exact) mass is 226 g/mol. The van der Waals surface area contributed by atoms with Crippen LogP contribution in [0, 0.1) is 0 Å². The minimum atomic E-state index is -0.0261. The molecule has 0 aromatic heterocycles. The van der Waals surface area contributed by atoms with Crippen LogP contribution in [0.4, 0.5) is 0 Å². The second-order valence-electron chi connectivity index (χ2n) is 5.12. The molecule has 16 heavy (non-hydrogen) atoms. The van der Waals surface area contributed by atoms with Crippen LogP contribution in [-0.4, -0.2) is 61.6 Å². The molecule has 0 aliphatic carbocycles. The molecule has 92 valence electrons. The van der Waals surface area contributed by atoms with Crippen molar-refractivity contribution in [2.45, 2.75) is 37.8 Å². The van der Waals surface area contributed by atoms with Gasteiger partial charge in [0.15, 0.2) is 0 Å². The molecule has 2 aliphatic heterocycles. The van der Waals surface area contributed by atoms with Gasteiger partial charge in [-0.1, -0.05) is 0 Å². The van der Waals surface area contributed by atoms with Crippen LogP contribution in [0.25, 0.3) is 0 Å². The van der Waals surface area contributed by atoms with Gasteiger partial charge in [0.25, 0.3) is 0 Å². The average Bonchev–Trinajstić information content (AvgIpc) is 2.65. The van der Waals surface area contributed by atoms with Gasteiger partial charge in [0, 0.05) is 19.0 Å². The van der Waals surface area contributed by atoms with E-state index < -0.39 is 0 Å². The summed E-state index contributed by atoms with van der Waals surface area (Å²) >= 11 is 0. The van der Waals surface area contributed by atoms with Gasteiger partial charge in [0.1, 0.15) is 6.10 Å². The lowest BCUT2D eigenvalue weighted by Crippen LogP contribution is -2.44. The molecule has 0 amide bonds. The molecule has 0 N–H and O–H groups in total. The van der Waals surface area contributed by atoms with Crippen LogP contribution in [0.1, 0.15) is 25.7 Å². The van der Waals surface area contributed by atoms with E-state index in [0.717, 1.165) is 13.0 Å². The van der Waals surface area contributed by atoms with Gasteiger partial charge in [0.2, 0.25) is 0 Å². The lowest BCUT2D eigenvalue weighted by atomic mass is 10.0. The first-order chi connectivity index (χ1) is 7.65. The smallest absolute Gasteiger partial charge is 0.306 e. The van der Waals surface area contributed by atoms with E-state index in [1.54, 1.807) is 0 Å². The summed E-state index contributed by atoms with van der Waals surface area (Å²) in [5.41, 5.74) is 0. The largest absolute Gasteiger partial charge is 0.461 e. The minimum absolute atomic E-state index is 0.0261. The number of carbonyl (C=O) groups excluding carboxylic acids is 1. The van der Waals surface area contributed by atoms with Crippen LogP contribution >= 0.6 is 0 Å². The van der Waals surface area contributed by atoms with Crippen LogP contribution in [-0.2, 0) is 9.53 Å². The second kappa shape index (κ2) is 5.15. The SMILES string of the molecule is CN1CCC(N(C)CC2CCC(=O)O2)CC1. The third-order valence-corrected chi connectivity index (χ3v) is 3.77. The number of rotatable bonds is 3. The Hall–Kier alpha value is -0.610. The van der Waals surface area contributed by atoms with Crippen LogP contribution in [0.2, 0.25) is 0 Å². The number of hydrogen-bond donors (Lipinski definition) is 0. The van der Waals surface area contributed by atoms with Crippen molar-refractivity contribution < 1.29 is 9.53 Å². The molecule has 2 heterocycles. The molecule has 0 radical (unpaired) electrons. The summed E-state index contributed by atoms with van der Waals surface area (Å²) in [4.78, 5) is 15.8. The fraction of sp³-hybridized carbons (Fsp3) is 0.917. The molecule has 1 atom stereocenters. The molecular weight excluding hydrogens is 204 g/mol. The number of cyclic esters (lactones) is 1. The van der Waals surface area contributed by atoms with Crippen molar-refractivity contribution in [1.82, 2.24) is 9.80 Å². The fourth-order valence-electron chi connectivity index (χ4n) is 2.62. The second-order valence-corrected chi connectivity index (χ2v) is 5.12.